The predicted octanol–water partition coefficient (Wildman–Crippen LogP) is 1.59. The Kier molecular flexibility index (Phi) is 1.73. The molecule has 1 aromatic carbocycles. The third kappa shape index (κ3) is 1.26. The van der Waals surface area contributed by atoms with Crippen molar-refractivity contribution in [3.05, 3.63) is 42.7 Å². The number of imidazole rings is 1. The van der Waals surface area contributed by atoms with Crippen molar-refractivity contribution >= 4 is 5.69 Å². The van der Waals surface area contributed by atoms with Gasteiger partial charge in [-0.15, -0.1) is 0 Å². The summed E-state index contributed by atoms with van der Waals surface area (Å²) in [5.74, 6) is -0.416. The standard InChI is InChI=1S/C9H8FN3/c10-9-7(11)2-1-3-8(9)13-5-4-12-6-13/h1-6H,11H2. The molecule has 2 N–H and O–H groups in total. The zero-order valence-electron chi connectivity index (χ0n) is 6.81. The lowest BCUT2D eigenvalue weighted by atomic mass is 10.2. The Bertz CT molecular complexity index is 409. The maximum absolute atomic E-state index is 13.4. The fraction of sp³-hybridized carbons (Fsp3) is 0. The number of anilines is 1. The number of nitrogens with zero attached hydrogens (tertiary/aromatic N) is 2. The smallest absolute Gasteiger partial charge is 0.170 e. The summed E-state index contributed by atoms with van der Waals surface area (Å²) in [7, 11) is 0. The number of nitrogen functional groups attached to an aromatic ring is 1. The summed E-state index contributed by atoms with van der Waals surface area (Å²) in [4.78, 5) is 3.82. The highest BCUT2D eigenvalue weighted by Gasteiger charge is 2.05. The molecule has 0 unspecified atom stereocenters. The highest BCUT2D eigenvalue weighted by Crippen LogP contribution is 2.17. The Hall–Kier alpha value is -1.84. The first kappa shape index (κ1) is 7.79. The van der Waals surface area contributed by atoms with Gasteiger partial charge in [-0.3, -0.25) is 0 Å². The lowest BCUT2D eigenvalue weighted by Crippen LogP contribution is -1.98. The topological polar surface area (TPSA) is 43.8 Å². The lowest BCUT2D eigenvalue weighted by Gasteiger charge is -2.04. The first-order chi connectivity index (χ1) is 6.29. The van der Waals surface area contributed by atoms with E-state index >= 15 is 0 Å². The fourth-order valence-electron chi connectivity index (χ4n) is 1.14. The van der Waals surface area contributed by atoms with E-state index in [1.165, 1.54) is 12.4 Å². The maximum atomic E-state index is 13.4. The van der Waals surface area contributed by atoms with Gasteiger partial charge in [-0.1, -0.05) is 6.07 Å². The predicted molar refractivity (Wildman–Crippen MR) is 47.9 cm³/mol. The molecule has 2 aromatic rings. The second kappa shape index (κ2) is 2.90. The van der Waals surface area contributed by atoms with E-state index < -0.39 is 5.82 Å². The first-order valence-corrected chi connectivity index (χ1v) is 3.81. The Balaban J connectivity index is 2.59. The summed E-state index contributed by atoms with van der Waals surface area (Å²) in [6.45, 7) is 0. The molecule has 0 aliphatic rings. The average molecular weight is 177 g/mol. The van der Waals surface area contributed by atoms with Crippen molar-refractivity contribution in [2.45, 2.75) is 0 Å². The average Bonchev–Trinajstić information content (AvgIpc) is 2.62. The minimum absolute atomic E-state index is 0.145. The SMILES string of the molecule is Nc1cccc(-n2ccnc2)c1F. The molecule has 13 heavy (non-hydrogen) atoms. The van der Waals surface area contributed by atoms with Gasteiger partial charge in [0, 0.05) is 12.4 Å². The monoisotopic (exact) mass is 177 g/mol. The molecule has 66 valence electrons. The fourth-order valence-corrected chi connectivity index (χ4v) is 1.14. The molecule has 4 heteroatoms. The van der Waals surface area contributed by atoms with Crippen LogP contribution in [-0.4, -0.2) is 9.55 Å². The van der Waals surface area contributed by atoms with Gasteiger partial charge in [0.25, 0.3) is 0 Å². The second-order valence-corrected chi connectivity index (χ2v) is 2.65. The Morgan fingerprint density at radius 1 is 1.38 bits per heavy atom. The largest absolute Gasteiger partial charge is 0.396 e. The van der Waals surface area contributed by atoms with Crippen molar-refractivity contribution in [3.8, 4) is 5.69 Å². The summed E-state index contributed by atoms with van der Waals surface area (Å²) >= 11 is 0. The molecule has 0 fully saturated rings. The number of nitrogens with two attached hydrogens (primary N) is 1. The van der Waals surface area contributed by atoms with Crippen LogP contribution in [0.1, 0.15) is 0 Å². The normalized spacial score (nSPS) is 10.2. The first-order valence-electron chi connectivity index (χ1n) is 3.81. The van der Waals surface area contributed by atoms with Gasteiger partial charge in [0.15, 0.2) is 5.82 Å². The maximum Gasteiger partial charge on any atom is 0.170 e. The molecule has 0 bridgehead atoms. The Morgan fingerprint density at radius 2 is 2.23 bits per heavy atom. The zero-order valence-corrected chi connectivity index (χ0v) is 6.81. The summed E-state index contributed by atoms with van der Waals surface area (Å²) in [5.41, 5.74) is 5.98. The van der Waals surface area contributed by atoms with Crippen LogP contribution in [0.15, 0.2) is 36.9 Å². The van der Waals surface area contributed by atoms with Crippen LogP contribution < -0.4 is 5.73 Å². The molecule has 1 aromatic heterocycles. The van der Waals surface area contributed by atoms with Gasteiger partial charge in [-0.2, -0.15) is 0 Å². The number of halogens is 1. The highest BCUT2D eigenvalue weighted by molar-refractivity contribution is 5.49. The van der Waals surface area contributed by atoms with Crippen molar-refractivity contribution in [3.63, 3.8) is 0 Å². The molecule has 2 rings (SSSR count). The van der Waals surface area contributed by atoms with E-state index in [-0.39, 0.29) is 5.69 Å². The minimum Gasteiger partial charge on any atom is -0.396 e. The molecular formula is C9H8FN3. The number of aromatic nitrogens is 2. The molecule has 0 amide bonds. The van der Waals surface area contributed by atoms with Gasteiger partial charge < -0.3 is 10.3 Å². The van der Waals surface area contributed by atoms with Crippen LogP contribution >= 0.6 is 0 Å². The van der Waals surface area contributed by atoms with Gasteiger partial charge in [0.1, 0.15) is 0 Å². The number of rotatable bonds is 1. The lowest BCUT2D eigenvalue weighted by molar-refractivity contribution is 0.623. The van der Waals surface area contributed by atoms with Crippen molar-refractivity contribution in [1.82, 2.24) is 9.55 Å². The molecule has 0 spiro atoms. The molecule has 3 nitrogen and oxygen atoms in total. The zero-order chi connectivity index (χ0) is 9.26. The molecule has 1 heterocycles. The second-order valence-electron chi connectivity index (χ2n) is 2.65. The van der Waals surface area contributed by atoms with E-state index in [1.54, 1.807) is 29.1 Å². The van der Waals surface area contributed by atoms with Crippen LogP contribution in [-0.2, 0) is 0 Å². The quantitative estimate of drug-likeness (QED) is 0.672. The third-order valence-corrected chi connectivity index (χ3v) is 1.79. The molecular weight excluding hydrogens is 169 g/mol. The Morgan fingerprint density at radius 3 is 2.92 bits per heavy atom. The van der Waals surface area contributed by atoms with E-state index in [4.69, 9.17) is 5.73 Å². The Labute approximate surface area is 74.6 Å². The number of hydrogen-bond donors (Lipinski definition) is 1. The molecule has 0 aliphatic heterocycles. The van der Waals surface area contributed by atoms with Crippen molar-refractivity contribution < 1.29 is 4.39 Å². The van der Waals surface area contributed by atoms with E-state index in [0.717, 1.165) is 0 Å². The molecule has 0 radical (unpaired) electrons. The van der Waals surface area contributed by atoms with Gasteiger partial charge in [-0.05, 0) is 12.1 Å². The van der Waals surface area contributed by atoms with Gasteiger partial charge >= 0.3 is 0 Å². The molecule has 0 saturated carbocycles. The van der Waals surface area contributed by atoms with Crippen LogP contribution in [0.25, 0.3) is 5.69 Å². The minimum atomic E-state index is -0.416. The summed E-state index contributed by atoms with van der Waals surface area (Å²) < 4.78 is 15.0. The van der Waals surface area contributed by atoms with Crippen molar-refractivity contribution in [2.75, 3.05) is 5.73 Å². The van der Waals surface area contributed by atoms with E-state index in [1.807, 2.05) is 0 Å². The van der Waals surface area contributed by atoms with E-state index in [0.29, 0.717) is 5.69 Å². The molecule has 0 aliphatic carbocycles. The van der Waals surface area contributed by atoms with Gasteiger partial charge in [0.2, 0.25) is 0 Å². The summed E-state index contributed by atoms with van der Waals surface area (Å²) in [5, 5.41) is 0. The molecule has 0 atom stereocenters. The summed E-state index contributed by atoms with van der Waals surface area (Å²) in [6, 6.07) is 4.87. The van der Waals surface area contributed by atoms with Crippen molar-refractivity contribution in [1.29, 1.82) is 0 Å². The van der Waals surface area contributed by atoms with Crippen LogP contribution in [0.5, 0.6) is 0 Å². The number of hydrogen-bond acceptors (Lipinski definition) is 2. The van der Waals surface area contributed by atoms with Crippen LogP contribution in [0.2, 0.25) is 0 Å². The van der Waals surface area contributed by atoms with Gasteiger partial charge in [0.05, 0.1) is 17.7 Å². The van der Waals surface area contributed by atoms with Crippen LogP contribution in [0, 0.1) is 5.82 Å². The highest BCUT2D eigenvalue weighted by atomic mass is 19.1. The summed E-state index contributed by atoms with van der Waals surface area (Å²) in [6.07, 6.45) is 4.78. The van der Waals surface area contributed by atoms with E-state index in [2.05, 4.69) is 4.98 Å². The van der Waals surface area contributed by atoms with E-state index in [9.17, 15) is 4.39 Å². The number of benzene rings is 1. The third-order valence-electron chi connectivity index (χ3n) is 1.79. The van der Waals surface area contributed by atoms with Crippen LogP contribution in [0.3, 0.4) is 0 Å². The van der Waals surface area contributed by atoms with Gasteiger partial charge in [-0.25, -0.2) is 9.37 Å². The van der Waals surface area contributed by atoms with Crippen molar-refractivity contribution in [2.24, 2.45) is 0 Å². The molecule has 0 saturated heterocycles. The van der Waals surface area contributed by atoms with Crippen LogP contribution in [0.4, 0.5) is 10.1 Å².